The van der Waals surface area contributed by atoms with E-state index in [2.05, 4.69) is 54.6 Å². The zero-order valence-electron chi connectivity index (χ0n) is 12.0. The lowest BCUT2D eigenvalue weighted by Crippen LogP contribution is -2.46. The van der Waals surface area contributed by atoms with Gasteiger partial charge in [0.2, 0.25) is 5.95 Å². The Morgan fingerprint density at radius 2 is 2.00 bits per heavy atom. The first-order valence-corrected chi connectivity index (χ1v) is 7.08. The summed E-state index contributed by atoms with van der Waals surface area (Å²) in [5.74, 6) is 2.02. The number of H-pyrrole nitrogens is 1. The van der Waals surface area contributed by atoms with Crippen molar-refractivity contribution in [2.45, 2.75) is 26.4 Å². The molecule has 1 aliphatic rings. The third-order valence-corrected chi connectivity index (χ3v) is 3.74. The molecule has 0 aromatic carbocycles. The molecular weight excluding hydrogens is 254 g/mol. The quantitative estimate of drug-likeness (QED) is 0.898. The van der Waals surface area contributed by atoms with E-state index < -0.39 is 0 Å². The second-order valence-electron chi connectivity index (χ2n) is 5.42. The summed E-state index contributed by atoms with van der Waals surface area (Å²) in [5.41, 5.74) is 0. The summed E-state index contributed by atoms with van der Waals surface area (Å²) in [6.07, 6.45) is 5.51. The van der Waals surface area contributed by atoms with Gasteiger partial charge < -0.3 is 9.47 Å². The van der Waals surface area contributed by atoms with E-state index in [9.17, 15) is 0 Å². The lowest BCUT2D eigenvalue weighted by molar-refractivity contribution is 0.238. The van der Waals surface area contributed by atoms with Crippen molar-refractivity contribution in [1.29, 1.82) is 0 Å². The van der Waals surface area contributed by atoms with E-state index in [1.165, 1.54) is 0 Å². The SMILES string of the molecule is CC(C)n1ccnc1CN1CCN(c2ncn[nH]2)CC1. The van der Waals surface area contributed by atoms with Gasteiger partial charge >= 0.3 is 0 Å². The van der Waals surface area contributed by atoms with Crippen molar-refractivity contribution in [1.82, 2.24) is 29.6 Å². The summed E-state index contributed by atoms with van der Waals surface area (Å²) in [4.78, 5) is 13.4. The molecule has 1 saturated heterocycles. The Morgan fingerprint density at radius 3 is 2.65 bits per heavy atom. The van der Waals surface area contributed by atoms with Crippen molar-refractivity contribution in [2.75, 3.05) is 31.1 Å². The topological polar surface area (TPSA) is 65.9 Å². The molecule has 2 aromatic rings. The number of rotatable bonds is 4. The van der Waals surface area contributed by atoms with Crippen LogP contribution in [0.5, 0.6) is 0 Å². The highest BCUT2D eigenvalue weighted by atomic mass is 15.4. The Morgan fingerprint density at radius 1 is 1.20 bits per heavy atom. The minimum atomic E-state index is 0.461. The lowest BCUT2D eigenvalue weighted by Gasteiger charge is -2.34. The standard InChI is InChI=1S/C13H21N7/c1-11(2)20-4-3-14-12(20)9-18-5-7-19(8-6-18)13-15-10-16-17-13/h3-4,10-11H,5-9H2,1-2H3,(H,15,16,17). The smallest absolute Gasteiger partial charge is 0.221 e. The molecule has 1 N–H and O–H groups in total. The molecule has 2 aromatic heterocycles. The minimum absolute atomic E-state index is 0.461. The van der Waals surface area contributed by atoms with E-state index in [4.69, 9.17) is 0 Å². The molecule has 20 heavy (non-hydrogen) atoms. The molecule has 1 fully saturated rings. The molecule has 3 rings (SSSR count). The average molecular weight is 275 g/mol. The molecule has 0 unspecified atom stereocenters. The Balaban J connectivity index is 1.57. The van der Waals surface area contributed by atoms with E-state index in [1.807, 2.05) is 6.20 Å². The van der Waals surface area contributed by atoms with Gasteiger partial charge in [0.1, 0.15) is 12.2 Å². The predicted octanol–water partition coefficient (Wildman–Crippen LogP) is 0.904. The zero-order chi connectivity index (χ0) is 13.9. The number of nitrogens with one attached hydrogen (secondary N) is 1. The van der Waals surface area contributed by atoms with Crippen LogP contribution in [0.15, 0.2) is 18.7 Å². The van der Waals surface area contributed by atoms with Gasteiger partial charge in [-0.25, -0.2) is 10.1 Å². The highest BCUT2D eigenvalue weighted by Gasteiger charge is 2.20. The van der Waals surface area contributed by atoms with Crippen LogP contribution in [0.2, 0.25) is 0 Å². The van der Waals surface area contributed by atoms with Gasteiger partial charge in [-0.2, -0.15) is 10.1 Å². The van der Waals surface area contributed by atoms with E-state index in [0.717, 1.165) is 44.5 Å². The number of aromatic nitrogens is 5. The fraction of sp³-hybridized carbons (Fsp3) is 0.615. The van der Waals surface area contributed by atoms with Crippen LogP contribution >= 0.6 is 0 Å². The average Bonchev–Trinajstić information content (AvgIpc) is 3.10. The lowest BCUT2D eigenvalue weighted by atomic mass is 10.3. The highest BCUT2D eigenvalue weighted by Crippen LogP contribution is 2.14. The van der Waals surface area contributed by atoms with Gasteiger partial charge in [-0.05, 0) is 13.8 Å². The first-order chi connectivity index (χ1) is 9.74. The molecule has 1 aliphatic heterocycles. The fourth-order valence-corrected chi connectivity index (χ4v) is 2.61. The summed E-state index contributed by atoms with van der Waals surface area (Å²) >= 11 is 0. The maximum absolute atomic E-state index is 4.48. The Hall–Kier alpha value is -1.89. The van der Waals surface area contributed by atoms with E-state index in [1.54, 1.807) is 6.33 Å². The maximum atomic E-state index is 4.48. The molecule has 0 saturated carbocycles. The second-order valence-corrected chi connectivity index (χ2v) is 5.42. The molecule has 3 heterocycles. The van der Waals surface area contributed by atoms with Crippen LogP contribution in [-0.2, 0) is 6.54 Å². The molecule has 7 heteroatoms. The van der Waals surface area contributed by atoms with Crippen LogP contribution in [0.1, 0.15) is 25.7 Å². The van der Waals surface area contributed by atoms with Crippen LogP contribution in [-0.4, -0.2) is 55.8 Å². The summed E-state index contributed by atoms with van der Waals surface area (Å²) in [5, 5.41) is 6.82. The molecular formula is C13H21N7. The van der Waals surface area contributed by atoms with Gasteiger partial charge in [-0.3, -0.25) is 4.90 Å². The maximum Gasteiger partial charge on any atom is 0.221 e. The monoisotopic (exact) mass is 275 g/mol. The first kappa shape index (κ1) is 13.1. The Bertz CT molecular complexity index is 523. The fourth-order valence-electron chi connectivity index (χ4n) is 2.61. The van der Waals surface area contributed by atoms with Crippen LogP contribution in [0.4, 0.5) is 5.95 Å². The van der Waals surface area contributed by atoms with Gasteiger partial charge in [-0.15, -0.1) is 0 Å². The number of anilines is 1. The number of hydrogen-bond acceptors (Lipinski definition) is 5. The van der Waals surface area contributed by atoms with Crippen LogP contribution < -0.4 is 4.90 Å². The van der Waals surface area contributed by atoms with Crippen molar-refractivity contribution >= 4 is 5.95 Å². The number of nitrogens with zero attached hydrogens (tertiary/aromatic N) is 6. The summed E-state index contributed by atoms with van der Waals surface area (Å²) in [7, 11) is 0. The van der Waals surface area contributed by atoms with Gasteiger partial charge in [0.05, 0.1) is 6.54 Å². The number of piperazine rings is 1. The van der Waals surface area contributed by atoms with E-state index in [-0.39, 0.29) is 0 Å². The van der Waals surface area contributed by atoms with Gasteiger partial charge in [0, 0.05) is 44.6 Å². The van der Waals surface area contributed by atoms with Gasteiger partial charge in [0.15, 0.2) is 0 Å². The highest BCUT2D eigenvalue weighted by molar-refractivity contribution is 5.27. The first-order valence-electron chi connectivity index (χ1n) is 7.08. The zero-order valence-corrected chi connectivity index (χ0v) is 12.0. The molecule has 0 atom stereocenters. The predicted molar refractivity (Wildman–Crippen MR) is 76.5 cm³/mol. The molecule has 108 valence electrons. The summed E-state index contributed by atoms with van der Waals surface area (Å²) < 4.78 is 2.24. The number of aromatic amines is 1. The molecule has 0 spiro atoms. The largest absolute Gasteiger partial charge is 0.339 e. The van der Waals surface area contributed by atoms with E-state index >= 15 is 0 Å². The summed E-state index contributed by atoms with van der Waals surface area (Å²) in [6.45, 7) is 9.27. The molecule has 0 amide bonds. The van der Waals surface area contributed by atoms with Crippen molar-refractivity contribution in [3.05, 3.63) is 24.5 Å². The third kappa shape index (κ3) is 2.67. The third-order valence-electron chi connectivity index (χ3n) is 3.74. The van der Waals surface area contributed by atoms with Crippen molar-refractivity contribution < 1.29 is 0 Å². The van der Waals surface area contributed by atoms with Crippen LogP contribution in [0, 0.1) is 0 Å². The van der Waals surface area contributed by atoms with Crippen molar-refractivity contribution in [2.24, 2.45) is 0 Å². The molecule has 0 aliphatic carbocycles. The van der Waals surface area contributed by atoms with Gasteiger partial charge in [0.25, 0.3) is 0 Å². The van der Waals surface area contributed by atoms with Crippen molar-refractivity contribution in [3.63, 3.8) is 0 Å². The molecule has 0 radical (unpaired) electrons. The van der Waals surface area contributed by atoms with Crippen LogP contribution in [0.25, 0.3) is 0 Å². The Kier molecular flexibility index (Phi) is 3.68. The normalized spacial score (nSPS) is 17.1. The molecule has 7 nitrogen and oxygen atoms in total. The second kappa shape index (κ2) is 5.62. The van der Waals surface area contributed by atoms with Gasteiger partial charge in [-0.1, -0.05) is 0 Å². The molecule has 0 bridgehead atoms. The van der Waals surface area contributed by atoms with Crippen LogP contribution in [0.3, 0.4) is 0 Å². The number of imidazole rings is 1. The van der Waals surface area contributed by atoms with E-state index in [0.29, 0.717) is 6.04 Å². The Labute approximate surface area is 118 Å². The number of hydrogen-bond donors (Lipinski definition) is 1. The summed E-state index contributed by atoms with van der Waals surface area (Å²) in [6, 6.07) is 0.461. The van der Waals surface area contributed by atoms with Crippen molar-refractivity contribution in [3.8, 4) is 0 Å². The minimum Gasteiger partial charge on any atom is -0.339 e.